The van der Waals surface area contributed by atoms with Crippen LogP contribution < -0.4 is 14.4 Å². The maximum atomic E-state index is 15.4. The number of hydrogen-bond donors (Lipinski definition) is 2. The summed E-state index contributed by atoms with van der Waals surface area (Å²) in [5.74, 6) is -2.03. The van der Waals surface area contributed by atoms with Gasteiger partial charge < -0.3 is 24.4 Å². The number of fused-ring (bicyclic) bond motifs is 2. The molecule has 2 N–H and O–H groups in total. The number of benzene rings is 2. The molecule has 0 saturated carbocycles. The fraction of sp³-hybridized carbons (Fsp3) is 0.483. The van der Waals surface area contributed by atoms with Crippen molar-refractivity contribution in [1.82, 2.24) is 4.90 Å². The Morgan fingerprint density at radius 2 is 1.85 bits per heavy atom. The molecule has 2 aromatic carbocycles. The van der Waals surface area contributed by atoms with E-state index in [1.165, 1.54) is 0 Å². The van der Waals surface area contributed by atoms with Crippen LogP contribution in [-0.2, 0) is 16.8 Å². The van der Waals surface area contributed by atoms with Crippen LogP contribution in [0.15, 0.2) is 24.3 Å². The molecule has 2 heterocycles. The fourth-order valence-corrected chi connectivity index (χ4v) is 6.06. The van der Waals surface area contributed by atoms with E-state index >= 15 is 4.39 Å². The van der Waals surface area contributed by atoms with Crippen LogP contribution in [0, 0.1) is 17.1 Å². The Morgan fingerprint density at radius 3 is 2.44 bits per heavy atom. The van der Waals surface area contributed by atoms with Gasteiger partial charge in [-0.05, 0) is 55.7 Å². The van der Waals surface area contributed by atoms with Gasteiger partial charge in [-0.3, -0.25) is 15.0 Å². The average Bonchev–Trinajstić information content (AvgIpc) is 3.27. The predicted octanol–water partition coefficient (Wildman–Crippen LogP) is 5.43. The first-order chi connectivity index (χ1) is 18.0. The molecule has 2 aromatic rings. The summed E-state index contributed by atoms with van der Waals surface area (Å²) in [5, 5.41) is 18.4. The zero-order valence-corrected chi connectivity index (χ0v) is 25.0. The van der Waals surface area contributed by atoms with E-state index in [1.54, 1.807) is 30.9 Å². The smallest absolute Gasteiger partial charge is 0.308 e. The Morgan fingerprint density at radius 1 is 1.18 bits per heavy atom. The predicted molar refractivity (Wildman–Crippen MR) is 154 cm³/mol. The lowest BCUT2D eigenvalue weighted by Gasteiger charge is -2.36. The summed E-state index contributed by atoms with van der Waals surface area (Å²) in [6, 6.07) is 6.88. The van der Waals surface area contributed by atoms with Crippen molar-refractivity contribution in [2.24, 2.45) is 5.92 Å². The molecule has 0 amide bonds. The summed E-state index contributed by atoms with van der Waals surface area (Å²) >= 11 is 0. The highest BCUT2D eigenvalue weighted by Gasteiger charge is 2.48. The van der Waals surface area contributed by atoms with E-state index in [1.807, 2.05) is 44.9 Å². The lowest BCUT2D eigenvalue weighted by Crippen LogP contribution is -2.47. The molecule has 0 radical (unpaired) electrons. The number of nitrogens with zero attached hydrogens (tertiary/aromatic N) is 2. The Kier molecular flexibility index (Phi) is 8.99. The minimum Gasteiger partial charge on any atom is -0.490 e. The van der Waals surface area contributed by atoms with E-state index in [-0.39, 0.29) is 71.4 Å². The van der Waals surface area contributed by atoms with Gasteiger partial charge in [0.15, 0.2) is 23.1 Å². The van der Waals surface area contributed by atoms with E-state index < -0.39 is 23.1 Å². The van der Waals surface area contributed by atoms with Crippen LogP contribution in [0.4, 0.5) is 10.1 Å². The molecule has 39 heavy (non-hydrogen) atoms. The van der Waals surface area contributed by atoms with Crippen LogP contribution in [-0.4, -0.2) is 60.4 Å². The number of carbonyl (C=O) groups excluding carboxylic acids is 1. The van der Waals surface area contributed by atoms with Crippen molar-refractivity contribution in [2.45, 2.75) is 59.0 Å². The minimum absolute atomic E-state index is 0. The van der Waals surface area contributed by atoms with Gasteiger partial charge in [-0.25, -0.2) is 4.39 Å². The van der Waals surface area contributed by atoms with Crippen molar-refractivity contribution in [3.8, 4) is 11.5 Å². The molecule has 2 aliphatic rings. The highest BCUT2D eigenvalue weighted by Crippen LogP contribution is 2.48. The third kappa shape index (κ3) is 5.11. The van der Waals surface area contributed by atoms with Gasteiger partial charge >= 0.3 is 5.97 Å². The number of rotatable bonds is 10. The highest BCUT2D eigenvalue weighted by molar-refractivity contribution is 8.93. The second-order valence-electron chi connectivity index (χ2n) is 10.4. The molecule has 0 aliphatic carbocycles. The highest BCUT2D eigenvalue weighted by atomic mass is 79.9. The third-order valence-corrected chi connectivity index (χ3v) is 7.79. The second kappa shape index (κ2) is 11.5. The van der Waals surface area contributed by atoms with Gasteiger partial charge in [0.1, 0.15) is 5.84 Å². The standard InChI is InChI=1S/C29H36FN3O5.BrH/c1-7-18(28(35)36)26-29(4,5)19-12-16(10-11-20(19)32(26)6)21(34)15-33-14-17-13-22(37-8-2)25(38-9-3)24(30)23(17)27(33)31;/h10-13,18,26,31H,7-9,14-15H2,1-6H3,(H,35,36);1H. The molecule has 4 rings (SSSR count). The van der Waals surface area contributed by atoms with Crippen molar-refractivity contribution >= 4 is 40.3 Å². The van der Waals surface area contributed by atoms with Gasteiger partial charge in [0.25, 0.3) is 0 Å². The zero-order valence-electron chi connectivity index (χ0n) is 23.3. The number of nitrogens with one attached hydrogen (secondary N) is 1. The fourth-order valence-electron chi connectivity index (χ4n) is 6.06. The summed E-state index contributed by atoms with van der Waals surface area (Å²) in [6.07, 6.45) is 0.498. The van der Waals surface area contributed by atoms with Crippen LogP contribution in [0.3, 0.4) is 0 Å². The van der Waals surface area contributed by atoms with Crippen LogP contribution in [0.1, 0.15) is 68.1 Å². The number of ketones is 1. The van der Waals surface area contributed by atoms with Gasteiger partial charge in [-0.1, -0.05) is 20.8 Å². The normalized spacial score (nSPS) is 17.8. The maximum absolute atomic E-state index is 15.4. The Hall–Kier alpha value is -3.14. The van der Waals surface area contributed by atoms with Crippen LogP contribution in [0.25, 0.3) is 0 Å². The number of anilines is 1. The first kappa shape index (κ1) is 30.4. The number of hydrogen-bond acceptors (Lipinski definition) is 6. The summed E-state index contributed by atoms with van der Waals surface area (Å²) in [4.78, 5) is 28.9. The number of Topliss-reactive ketones (excluding diaryl/α,β-unsaturated/α-hetero) is 1. The molecule has 0 fully saturated rings. The van der Waals surface area contributed by atoms with Gasteiger partial charge in [0.2, 0.25) is 0 Å². The number of ether oxygens (including phenoxy) is 2. The molecular weight excluding hydrogens is 569 g/mol. The van der Waals surface area contributed by atoms with Crippen LogP contribution in [0.5, 0.6) is 11.5 Å². The summed E-state index contributed by atoms with van der Waals surface area (Å²) < 4.78 is 26.4. The van der Waals surface area contributed by atoms with E-state index in [0.717, 1.165) is 11.3 Å². The molecule has 0 aromatic heterocycles. The molecule has 0 spiro atoms. The summed E-state index contributed by atoms with van der Waals surface area (Å²) in [7, 11) is 1.90. The Labute approximate surface area is 239 Å². The number of amidine groups is 1. The largest absolute Gasteiger partial charge is 0.490 e. The molecule has 8 nitrogen and oxygen atoms in total. The van der Waals surface area contributed by atoms with Gasteiger partial charge in [0, 0.05) is 30.3 Å². The van der Waals surface area contributed by atoms with Crippen molar-refractivity contribution in [2.75, 3.05) is 31.7 Å². The van der Waals surface area contributed by atoms with Gasteiger partial charge in [-0.15, -0.1) is 17.0 Å². The first-order valence-corrected chi connectivity index (χ1v) is 13.1. The van der Waals surface area contributed by atoms with Crippen molar-refractivity contribution in [3.63, 3.8) is 0 Å². The lowest BCUT2D eigenvalue weighted by molar-refractivity contribution is -0.143. The number of halogens is 2. The molecule has 2 atom stereocenters. The van der Waals surface area contributed by atoms with E-state index in [0.29, 0.717) is 24.2 Å². The number of carbonyl (C=O) groups is 2. The van der Waals surface area contributed by atoms with E-state index in [9.17, 15) is 14.7 Å². The molecule has 212 valence electrons. The quantitative estimate of drug-likeness (QED) is 0.348. The molecule has 2 aliphatic heterocycles. The molecular formula is C29H37BrFN3O5. The second-order valence-corrected chi connectivity index (χ2v) is 10.4. The van der Waals surface area contributed by atoms with Crippen LogP contribution >= 0.6 is 17.0 Å². The molecule has 10 heteroatoms. The topological polar surface area (TPSA) is 103 Å². The number of likely N-dealkylation sites (N-methyl/N-ethyl adjacent to an activating group) is 1. The third-order valence-electron chi connectivity index (χ3n) is 7.79. The SMILES string of the molecule is Br.CCOc1cc2c(c(F)c1OCC)C(=N)N(CC(=O)c1ccc3c(c1)C(C)(C)C(C(CC)C(=O)O)N3C)C2. The lowest BCUT2D eigenvalue weighted by atomic mass is 9.74. The average molecular weight is 607 g/mol. The number of carboxylic acids is 1. The molecule has 2 unspecified atom stereocenters. The van der Waals surface area contributed by atoms with Crippen molar-refractivity contribution in [1.29, 1.82) is 5.41 Å². The molecule has 0 bridgehead atoms. The Bertz CT molecular complexity index is 1300. The van der Waals surface area contributed by atoms with E-state index in [4.69, 9.17) is 14.9 Å². The monoisotopic (exact) mass is 605 g/mol. The number of carboxylic acid groups (broad SMARTS) is 1. The summed E-state index contributed by atoms with van der Waals surface area (Å²) in [6.45, 7) is 10.2. The minimum atomic E-state index is -0.833. The van der Waals surface area contributed by atoms with Crippen molar-refractivity contribution < 1.29 is 28.6 Å². The van der Waals surface area contributed by atoms with Gasteiger partial charge in [-0.2, -0.15) is 0 Å². The van der Waals surface area contributed by atoms with E-state index in [2.05, 4.69) is 0 Å². The molecule has 0 saturated heterocycles. The summed E-state index contributed by atoms with van der Waals surface area (Å²) in [5.41, 5.74) is 2.51. The maximum Gasteiger partial charge on any atom is 0.308 e. The first-order valence-electron chi connectivity index (χ1n) is 13.1. The zero-order chi connectivity index (χ0) is 27.9. The van der Waals surface area contributed by atoms with Crippen LogP contribution in [0.2, 0.25) is 0 Å². The number of aliphatic carboxylic acids is 1. The Balaban J connectivity index is 0.00000420. The van der Waals surface area contributed by atoms with Crippen molar-refractivity contribution in [3.05, 3.63) is 52.3 Å². The van der Waals surface area contributed by atoms with Gasteiger partial charge in [0.05, 0.1) is 37.3 Å².